The molecule has 2 N–H and O–H groups in total. The van der Waals surface area contributed by atoms with Gasteiger partial charge in [-0.15, -0.1) is 0 Å². The van der Waals surface area contributed by atoms with Crippen molar-refractivity contribution >= 4 is 46.4 Å². The molecule has 0 aliphatic heterocycles. The van der Waals surface area contributed by atoms with Crippen LogP contribution in [-0.4, -0.2) is 32.5 Å². The van der Waals surface area contributed by atoms with Crippen molar-refractivity contribution < 1.29 is 9.59 Å². The first-order valence-electron chi connectivity index (χ1n) is 8.13. The molecule has 0 unspecified atom stereocenters. The van der Waals surface area contributed by atoms with E-state index in [9.17, 15) is 9.59 Å². The number of halogens is 2. The molecule has 0 heterocycles. The number of anilines is 2. The third kappa shape index (κ3) is 6.24. The summed E-state index contributed by atoms with van der Waals surface area (Å²) in [5, 5.41) is 6.30. The molecule has 0 aliphatic rings. The fourth-order valence-electron chi connectivity index (χ4n) is 2.27. The van der Waals surface area contributed by atoms with Gasteiger partial charge in [-0.25, -0.2) is 0 Å². The number of hydrogen-bond donors (Lipinski definition) is 2. The maximum atomic E-state index is 11.9. The third-order valence-corrected chi connectivity index (χ3v) is 4.48. The quantitative estimate of drug-likeness (QED) is 0.752. The van der Waals surface area contributed by atoms with Crippen molar-refractivity contribution in [3.63, 3.8) is 0 Å². The summed E-state index contributed by atoms with van der Waals surface area (Å²) in [4.78, 5) is 25.8. The van der Waals surface area contributed by atoms with Gasteiger partial charge < -0.3 is 15.5 Å². The van der Waals surface area contributed by atoms with Crippen LogP contribution in [0.15, 0.2) is 42.5 Å². The van der Waals surface area contributed by atoms with Gasteiger partial charge in [0.15, 0.2) is 0 Å². The van der Waals surface area contributed by atoms with Crippen LogP contribution in [0, 0.1) is 0 Å². The first-order chi connectivity index (χ1) is 12.3. The number of aryl methyl sites for hydroxylation is 1. The molecule has 2 amide bonds. The average Bonchev–Trinajstić information content (AvgIpc) is 2.61. The lowest BCUT2D eigenvalue weighted by Crippen LogP contribution is -2.32. The zero-order valence-corrected chi connectivity index (χ0v) is 16.2. The van der Waals surface area contributed by atoms with Gasteiger partial charge >= 0.3 is 0 Å². The lowest BCUT2D eigenvalue weighted by Gasteiger charge is -2.13. The molecule has 2 aromatic rings. The second-order valence-electron chi connectivity index (χ2n) is 6.01. The average molecular weight is 394 g/mol. The Labute approximate surface area is 163 Å². The lowest BCUT2D eigenvalue weighted by atomic mass is 10.1. The van der Waals surface area contributed by atoms with Gasteiger partial charge in [-0.05, 0) is 48.4 Å². The molecule has 0 aliphatic carbocycles. The second-order valence-corrected chi connectivity index (χ2v) is 6.83. The molecule has 138 valence electrons. The molecule has 5 nitrogen and oxygen atoms in total. The Morgan fingerprint density at radius 3 is 2.27 bits per heavy atom. The molecule has 7 heteroatoms. The van der Waals surface area contributed by atoms with Crippen LogP contribution in [0.2, 0.25) is 10.0 Å². The Balaban J connectivity index is 1.74. The smallest absolute Gasteiger partial charge is 0.243 e. The highest BCUT2D eigenvalue weighted by molar-refractivity contribution is 6.42. The number of benzene rings is 2. The maximum absolute atomic E-state index is 11.9. The predicted molar refractivity (Wildman–Crippen MR) is 107 cm³/mol. The van der Waals surface area contributed by atoms with Crippen LogP contribution in [0.1, 0.15) is 12.0 Å². The zero-order valence-electron chi connectivity index (χ0n) is 14.7. The highest BCUT2D eigenvalue weighted by Gasteiger charge is 2.08. The molecule has 26 heavy (non-hydrogen) atoms. The first kappa shape index (κ1) is 20.1. The molecule has 0 aromatic heterocycles. The second kappa shape index (κ2) is 9.46. The first-order valence-corrected chi connectivity index (χ1v) is 8.88. The van der Waals surface area contributed by atoms with Gasteiger partial charge in [-0.2, -0.15) is 0 Å². The van der Waals surface area contributed by atoms with Crippen molar-refractivity contribution in [3.05, 3.63) is 58.1 Å². The number of hydrogen-bond acceptors (Lipinski definition) is 3. The van der Waals surface area contributed by atoms with Gasteiger partial charge in [-0.3, -0.25) is 9.59 Å². The monoisotopic (exact) mass is 393 g/mol. The zero-order chi connectivity index (χ0) is 19.1. The number of carbonyl (C=O) groups is 2. The largest absolute Gasteiger partial charge is 0.378 e. The summed E-state index contributed by atoms with van der Waals surface area (Å²) in [6.45, 7) is -0.0738. The van der Waals surface area contributed by atoms with Crippen LogP contribution < -0.4 is 15.5 Å². The topological polar surface area (TPSA) is 61.4 Å². The van der Waals surface area contributed by atoms with Crippen molar-refractivity contribution in [2.45, 2.75) is 12.8 Å². The van der Waals surface area contributed by atoms with Gasteiger partial charge in [0.05, 0.1) is 16.6 Å². The van der Waals surface area contributed by atoms with Crippen LogP contribution >= 0.6 is 23.2 Å². The Hall–Kier alpha value is -2.24. The van der Waals surface area contributed by atoms with Crippen molar-refractivity contribution in [1.29, 1.82) is 0 Å². The number of amides is 2. The van der Waals surface area contributed by atoms with Crippen LogP contribution in [0.5, 0.6) is 0 Å². The van der Waals surface area contributed by atoms with E-state index in [0.29, 0.717) is 22.2 Å². The van der Waals surface area contributed by atoms with Gasteiger partial charge in [0.25, 0.3) is 0 Å². The van der Waals surface area contributed by atoms with Crippen LogP contribution in [0.3, 0.4) is 0 Å². The minimum absolute atomic E-state index is 0.0738. The van der Waals surface area contributed by atoms with Crippen LogP contribution in [0.25, 0.3) is 0 Å². The number of nitrogens with zero attached hydrogens (tertiary/aromatic N) is 1. The molecule has 2 aromatic carbocycles. The minimum atomic E-state index is -0.273. The van der Waals surface area contributed by atoms with E-state index in [-0.39, 0.29) is 24.8 Å². The Kier molecular flexibility index (Phi) is 7.30. The summed E-state index contributed by atoms with van der Waals surface area (Å²) in [5.74, 6) is -0.473. The summed E-state index contributed by atoms with van der Waals surface area (Å²) in [6, 6.07) is 12.7. The molecule has 2 rings (SSSR count). The number of rotatable bonds is 7. The van der Waals surface area contributed by atoms with E-state index in [1.54, 1.807) is 12.1 Å². The van der Waals surface area contributed by atoms with Gasteiger partial charge in [0, 0.05) is 31.9 Å². The minimum Gasteiger partial charge on any atom is -0.378 e. The van der Waals surface area contributed by atoms with Crippen molar-refractivity contribution in [3.8, 4) is 0 Å². The van der Waals surface area contributed by atoms with Crippen molar-refractivity contribution in [2.75, 3.05) is 30.9 Å². The molecule has 0 atom stereocenters. The molecule has 0 saturated heterocycles. The van der Waals surface area contributed by atoms with E-state index in [1.165, 1.54) is 0 Å². The van der Waals surface area contributed by atoms with E-state index < -0.39 is 0 Å². The van der Waals surface area contributed by atoms with E-state index in [1.807, 2.05) is 49.3 Å². The molecular weight excluding hydrogens is 373 g/mol. The Morgan fingerprint density at radius 2 is 1.65 bits per heavy atom. The van der Waals surface area contributed by atoms with Gasteiger partial charge in [-0.1, -0.05) is 29.3 Å². The normalized spacial score (nSPS) is 10.3. The van der Waals surface area contributed by atoms with Crippen LogP contribution in [-0.2, 0) is 16.0 Å². The highest BCUT2D eigenvalue weighted by Crippen LogP contribution is 2.23. The molecular formula is C19H21Cl2N3O2. The third-order valence-electron chi connectivity index (χ3n) is 3.74. The molecule has 0 saturated carbocycles. The van der Waals surface area contributed by atoms with E-state index in [0.717, 1.165) is 11.3 Å². The summed E-state index contributed by atoms with van der Waals surface area (Å²) in [7, 11) is 3.89. The standard InChI is InChI=1S/C19H21Cl2N3O2/c1-24(2)15-7-5-14(6-8-15)23-19(26)12-22-18(25)10-4-13-3-9-16(20)17(21)11-13/h3,5-9,11H,4,10,12H2,1-2H3,(H,22,25)(H,23,26). The molecule has 0 spiro atoms. The summed E-state index contributed by atoms with van der Waals surface area (Å²) >= 11 is 11.8. The molecule has 0 bridgehead atoms. The van der Waals surface area contributed by atoms with Gasteiger partial charge in [0.2, 0.25) is 11.8 Å². The van der Waals surface area contributed by atoms with Crippen LogP contribution in [0.4, 0.5) is 11.4 Å². The summed E-state index contributed by atoms with van der Waals surface area (Å²) in [5.41, 5.74) is 2.64. The van der Waals surface area contributed by atoms with Crippen molar-refractivity contribution in [2.24, 2.45) is 0 Å². The highest BCUT2D eigenvalue weighted by atomic mass is 35.5. The maximum Gasteiger partial charge on any atom is 0.243 e. The fraction of sp³-hybridized carbons (Fsp3) is 0.263. The van der Waals surface area contributed by atoms with E-state index in [4.69, 9.17) is 23.2 Å². The SMILES string of the molecule is CN(C)c1ccc(NC(=O)CNC(=O)CCc2ccc(Cl)c(Cl)c2)cc1. The Bertz CT molecular complexity index is 777. The van der Waals surface area contributed by atoms with Crippen molar-refractivity contribution in [1.82, 2.24) is 5.32 Å². The fourth-order valence-corrected chi connectivity index (χ4v) is 2.59. The number of nitrogens with one attached hydrogen (secondary N) is 2. The summed E-state index contributed by atoms with van der Waals surface area (Å²) in [6.07, 6.45) is 0.791. The van der Waals surface area contributed by atoms with E-state index >= 15 is 0 Å². The lowest BCUT2D eigenvalue weighted by molar-refractivity contribution is -0.124. The number of carbonyl (C=O) groups excluding carboxylic acids is 2. The predicted octanol–water partition coefficient (Wildman–Crippen LogP) is 3.75. The Morgan fingerprint density at radius 1 is 0.962 bits per heavy atom. The van der Waals surface area contributed by atoms with E-state index in [2.05, 4.69) is 10.6 Å². The molecule has 0 radical (unpaired) electrons. The summed E-state index contributed by atoms with van der Waals surface area (Å²) < 4.78 is 0. The molecule has 0 fully saturated rings. The van der Waals surface area contributed by atoms with Gasteiger partial charge in [0.1, 0.15) is 0 Å².